The third kappa shape index (κ3) is 3.44. The molecule has 20 heavy (non-hydrogen) atoms. The Hall–Kier alpha value is -2.17. The lowest BCUT2D eigenvalue weighted by Crippen LogP contribution is -2.28. The quantitative estimate of drug-likeness (QED) is 0.925. The van der Waals surface area contributed by atoms with Gasteiger partial charge >= 0.3 is 0 Å². The Bertz CT molecular complexity index is 598. The van der Waals surface area contributed by atoms with Crippen LogP contribution in [0.15, 0.2) is 18.5 Å². The van der Waals surface area contributed by atoms with Crippen LogP contribution in [0, 0.1) is 20.8 Å². The molecule has 1 N–H and O–H groups in total. The first-order chi connectivity index (χ1) is 9.45. The molecule has 2 aromatic heterocycles. The van der Waals surface area contributed by atoms with Crippen LogP contribution >= 0.6 is 0 Å². The van der Waals surface area contributed by atoms with E-state index in [1.54, 1.807) is 18.3 Å². The second kappa shape index (κ2) is 5.86. The third-order valence-electron chi connectivity index (χ3n) is 3.23. The molecule has 0 radical (unpaired) electrons. The van der Waals surface area contributed by atoms with Gasteiger partial charge in [0.15, 0.2) is 0 Å². The number of likely N-dealkylation sites (N-methyl/N-ethyl adjacent to an activating group) is 1. The fourth-order valence-corrected chi connectivity index (χ4v) is 2.18. The average molecular weight is 272 g/mol. The largest absolute Gasteiger partial charge is 0.348 e. The Kier molecular flexibility index (Phi) is 4.17. The van der Waals surface area contributed by atoms with Crippen molar-refractivity contribution in [3.8, 4) is 0 Å². The van der Waals surface area contributed by atoms with Gasteiger partial charge in [0.05, 0.1) is 30.7 Å². The molecule has 0 bridgehead atoms. The van der Waals surface area contributed by atoms with Gasteiger partial charge in [0.25, 0.3) is 0 Å². The van der Waals surface area contributed by atoms with E-state index in [0.29, 0.717) is 13.0 Å². The number of imidazole rings is 1. The number of hydrogen-bond acceptors (Lipinski definition) is 3. The van der Waals surface area contributed by atoms with Crippen molar-refractivity contribution in [2.75, 3.05) is 7.05 Å². The van der Waals surface area contributed by atoms with Crippen LogP contribution in [0.1, 0.15) is 28.3 Å². The van der Waals surface area contributed by atoms with Crippen LogP contribution in [-0.4, -0.2) is 32.8 Å². The maximum Gasteiger partial charge on any atom is 0.228 e. The number of nitrogens with zero attached hydrogens (tertiary/aromatic N) is 3. The molecule has 5 heteroatoms. The summed E-state index contributed by atoms with van der Waals surface area (Å²) in [5, 5.41) is 0. The van der Waals surface area contributed by atoms with Crippen molar-refractivity contribution < 1.29 is 4.79 Å². The first kappa shape index (κ1) is 14.2. The molecule has 0 aliphatic rings. The highest BCUT2D eigenvalue weighted by Crippen LogP contribution is 2.09. The van der Waals surface area contributed by atoms with Gasteiger partial charge in [-0.15, -0.1) is 0 Å². The van der Waals surface area contributed by atoms with Crippen LogP contribution in [0.25, 0.3) is 0 Å². The van der Waals surface area contributed by atoms with Crippen molar-refractivity contribution >= 4 is 5.91 Å². The van der Waals surface area contributed by atoms with Crippen LogP contribution in [0.5, 0.6) is 0 Å². The smallest absolute Gasteiger partial charge is 0.228 e. The number of nitrogens with one attached hydrogen (secondary N) is 1. The minimum absolute atomic E-state index is 0.0427. The summed E-state index contributed by atoms with van der Waals surface area (Å²) < 4.78 is 0. The van der Waals surface area contributed by atoms with Crippen molar-refractivity contribution in [1.29, 1.82) is 0 Å². The first-order valence-electron chi connectivity index (χ1n) is 6.62. The number of H-pyrrole nitrogens is 1. The average Bonchev–Trinajstić information content (AvgIpc) is 2.73. The Morgan fingerprint density at radius 2 is 2.05 bits per heavy atom. The van der Waals surface area contributed by atoms with E-state index in [-0.39, 0.29) is 5.91 Å². The highest BCUT2D eigenvalue weighted by atomic mass is 16.2. The molecule has 0 unspecified atom stereocenters. The molecule has 2 rings (SSSR count). The van der Waals surface area contributed by atoms with Crippen molar-refractivity contribution in [2.24, 2.45) is 0 Å². The fraction of sp³-hybridized carbons (Fsp3) is 0.400. The summed E-state index contributed by atoms with van der Waals surface area (Å²) in [5.41, 5.74) is 4.80. The zero-order valence-corrected chi connectivity index (χ0v) is 12.4. The zero-order valence-electron chi connectivity index (χ0n) is 12.4. The molecule has 1 amide bonds. The molecule has 106 valence electrons. The van der Waals surface area contributed by atoms with Gasteiger partial charge in [-0.05, 0) is 38.5 Å². The van der Waals surface area contributed by atoms with Gasteiger partial charge in [0, 0.05) is 18.4 Å². The number of pyridine rings is 1. The number of carbonyl (C=O) groups excluding carboxylic acids is 1. The molecule has 0 aliphatic carbocycles. The van der Waals surface area contributed by atoms with E-state index in [4.69, 9.17) is 0 Å². The van der Waals surface area contributed by atoms with Crippen molar-refractivity contribution in [3.63, 3.8) is 0 Å². The van der Waals surface area contributed by atoms with Crippen LogP contribution in [0.2, 0.25) is 0 Å². The highest BCUT2D eigenvalue weighted by molar-refractivity contribution is 5.78. The Balaban J connectivity index is 2.02. The summed E-state index contributed by atoms with van der Waals surface area (Å²) in [5.74, 6) is 0.0427. The number of hydrogen-bond donors (Lipinski definition) is 1. The first-order valence-corrected chi connectivity index (χ1v) is 6.62. The molecule has 0 atom stereocenters. The molecular weight excluding hydrogens is 252 g/mol. The van der Waals surface area contributed by atoms with Crippen molar-refractivity contribution in [3.05, 3.63) is 46.8 Å². The standard InChI is InChI=1S/C15H20N4O/c1-10-5-11(2)18-13(6-10)8-19(4)15(20)7-14-12(3)16-9-17-14/h5-6,9H,7-8H2,1-4H3,(H,16,17). The lowest BCUT2D eigenvalue weighted by atomic mass is 10.2. The maximum absolute atomic E-state index is 12.2. The summed E-state index contributed by atoms with van der Waals surface area (Å²) >= 11 is 0. The number of aryl methyl sites for hydroxylation is 3. The number of carbonyl (C=O) groups is 1. The number of aromatic nitrogens is 3. The molecule has 0 saturated heterocycles. The molecule has 2 aromatic rings. The molecule has 0 fully saturated rings. The number of rotatable bonds is 4. The van der Waals surface area contributed by atoms with Gasteiger partial charge in [0.1, 0.15) is 0 Å². The summed E-state index contributed by atoms with van der Waals surface area (Å²) in [7, 11) is 1.80. The van der Waals surface area contributed by atoms with E-state index in [1.165, 1.54) is 0 Å². The van der Waals surface area contributed by atoms with E-state index >= 15 is 0 Å². The molecule has 0 saturated carbocycles. The molecule has 0 aromatic carbocycles. The lowest BCUT2D eigenvalue weighted by molar-refractivity contribution is -0.129. The zero-order chi connectivity index (χ0) is 14.7. The number of aromatic amines is 1. The van der Waals surface area contributed by atoms with Gasteiger partial charge in [-0.2, -0.15) is 0 Å². The van der Waals surface area contributed by atoms with Crippen LogP contribution in [-0.2, 0) is 17.8 Å². The van der Waals surface area contributed by atoms with Crippen molar-refractivity contribution in [2.45, 2.75) is 33.7 Å². The topological polar surface area (TPSA) is 61.9 Å². The Morgan fingerprint density at radius 3 is 2.65 bits per heavy atom. The van der Waals surface area contributed by atoms with Gasteiger partial charge in [-0.25, -0.2) is 4.98 Å². The second-order valence-electron chi connectivity index (χ2n) is 5.18. The Labute approximate surface area is 119 Å². The van der Waals surface area contributed by atoms with Gasteiger partial charge in [0.2, 0.25) is 5.91 Å². The predicted octanol–water partition coefficient (Wildman–Crippen LogP) is 1.93. The summed E-state index contributed by atoms with van der Waals surface area (Å²) in [4.78, 5) is 25.5. The van der Waals surface area contributed by atoms with E-state index in [9.17, 15) is 4.79 Å². The fourth-order valence-electron chi connectivity index (χ4n) is 2.18. The van der Waals surface area contributed by atoms with E-state index < -0.39 is 0 Å². The minimum atomic E-state index is 0.0427. The van der Waals surface area contributed by atoms with E-state index in [1.807, 2.05) is 32.9 Å². The van der Waals surface area contributed by atoms with Gasteiger partial charge in [-0.1, -0.05) is 0 Å². The van der Waals surface area contributed by atoms with E-state index in [0.717, 1.165) is 28.3 Å². The molecule has 2 heterocycles. The monoisotopic (exact) mass is 272 g/mol. The normalized spacial score (nSPS) is 10.6. The second-order valence-corrected chi connectivity index (χ2v) is 5.18. The molecular formula is C15H20N4O. The predicted molar refractivity (Wildman–Crippen MR) is 77.2 cm³/mol. The minimum Gasteiger partial charge on any atom is -0.348 e. The maximum atomic E-state index is 12.2. The molecule has 5 nitrogen and oxygen atoms in total. The summed E-state index contributed by atoms with van der Waals surface area (Å²) in [6.07, 6.45) is 1.93. The van der Waals surface area contributed by atoms with Gasteiger partial charge < -0.3 is 9.88 Å². The van der Waals surface area contributed by atoms with Gasteiger partial charge in [-0.3, -0.25) is 9.78 Å². The molecule has 0 aliphatic heterocycles. The van der Waals surface area contributed by atoms with Crippen LogP contribution in [0.3, 0.4) is 0 Å². The number of amides is 1. The van der Waals surface area contributed by atoms with Crippen LogP contribution < -0.4 is 0 Å². The Morgan fingerprint density at radius 1 is 1.30 bits per heavy atom. The van der Waals surface area contributed by atoms with Crippen LogP contribution in [0.4, 0.5) is 0 Å². The highest BCUT2D eigenvalue weighted by Gasteiger charge is 2.13. The SMILES string of the molecule is Cc1cc(C)nc(CN(C)C(=O)Cc2nc[nH]c2C)c1. The lowest BCUT2D eigenvalue weighted by Gasteiger charge is -2.17. The summed E-state index contributed by atoms with van der Waals surface area (Å²) in [6, 6.07) is 4.04. The van der Waals surface area contributed by atoms with Crippen molar-refractivity contribution in [1.82, 2.24) is 19.9 Å². The molecule has 0 spiro atoms. The third-order valence-corrected chi connectivity index (χ3v) is 3.23. The summed E-state index contributed by atoms with van der Waals surface area (Å²) in [6.45, 7) is 6.43. The van der Waals surface area contributed by atoms with E-state index in [2.05, 4.69) is 15.0 Å².